The molecule has 1 N–H and O–H groups in total. The lowest BCUT2D eigenvalue weighted by Gasteiger charge is -2.21. The van der Waals surface area contributed by atoms with Gasteiger partial charge in [-0.2, -0.15) is 0 Å². The van der Waals surface area contributed by atoms with Crippen molar-refractivity contribution in [3.8, 4) is 17.2 Å². The van der Waals surface area contributed by atoms with E-state index >= 15 is 0 Å². The molecule has 30 heavy (non-hydrogen) atoms. The molecule has 0 saturated carbocycles. The lowest BCUT2D eigenvalue weighted by atomic mass is 10.2. The molecule has 1 aliphatic heterocycles. The van der Waals surface area contributed by atoms with Gasteiger partial charge in [0.15, 0.2) is 0 Å². The fraction of sp³-hybridized carbons (Fsp3) is 0.286. The van der Waals surface area contributed by atoms with E-state index in [0.29, 0.717) is 21.9 Å². The summed E-state index contributed by atoms with van der Waals surface area (Å²) in [4.78, 5) is 14.8. The third kappa shape index (κ3) is 4.88. The maximum atomic E-state index is 12.5. The summed E-state index contributed by atoms with van der Waals surface area (Å²) in [5.74, 6) is 1.06. The van der Waals surface area contributed by atoms with Crippen molar-refractivity contribution in [1.82, 2.24) is 10.2 Å². The number of methoxy groups -OCH3 is 1. The van der Waals surface area contributed by atoms with Crippen LogP contribution in [0, 0.1) is 0 Å². The maximum Gasteiger partial charge on any atom is 0.277 e. The van der Waals surface area contributed by atoms with E-state index in [9.17, 15) is 4.79 Å². The molecular formula is C21H21ClN4O3S. The van der Waals surface area contributed by atoms with E-state index in [1.54, 1.807) is 13.2 Å². The van der Waals surface area contributed by atoms with E-state index in [-0.39, 0.29) is 11.7 Å². The molecule has 7 nitrogen and oxygen atoms in total. The Morgan fingerprint density at radius 2 is 2.07 bits per heavy atom. The summed E-state index contributed by atoms with van der Waals surface area (Å²) in [5.41, 5.74) is 2.47. The number of thioether (sulfide) groups is 1. The number of halogens is 1. The highest BCUT2D eigenvalue weighted by molar-refractivity contribution is 7.99. The van der Waals surface area contributed by atoms with Crippen LogP contribution >= 0.6 is 23.4 Å². The molecule has 156 valence electrons. The Labute approximate surface area is 183 Å². The zero-order valence-corrected chi connectivity index (χ0v) is 18.0. The molecule has 0 aliphatic carbocycles. The van der Waals surface area contributed by atoms with Crippen molar-refractivity contribution in [1.29, 1.82) is 0 Å². The molecule has 0 atom stereocenters. The zero-order chi connectivity index (χ0) is 20.9. The highest BCUT2D eigenvalue weighted by atomic mass is 35.5. The number of hydrogen-bond donors (Lipinski definition) is 1. The number of aromatic nitrogens is 2. The average molecular weight is 445 g/mol. The molecule has 1 aromatic heterocycles. The van der Waals surface area contributed by atoms with Gasteiger partial charge in [0.25, 0.3) is 5.22 Å². The van der Waals surface area contributed by atoms with Crippen molar-refractivity contribution < 1.29 is 13.9 Å². The van der Waals surface area contributed by atoms with E-state index < -0.39 is 0 Å². The second-order valence-electron chi connectivity index (χ2n) is 6.80. The van der Waals surface area contributed by atoms with Crippen LogP contribution in [0.5, 0.6) is 5.75 Å². The second kappa shape index (κ2) is 9.40. The molecule has 4 rings (SSSR count). The third-order valence-electron chi connectivity index (χ3n) is 4.73. The van der Waals surface area contributed by atoms with E-state index in [1.165, 1.54) is 11.8 Å². The summed E-state index contributed by atoms with van der Waals surface area (Å²) in [6.45, 7) is 1.96. The smallest absolute Gasteiger partial charge is 0.277 e. The molecule has 1 aliphatic rings. The third-order valence-corrected chi connectivity index (χ3v) is 5.78. The van der Waals surface area contributed by atoms with Gasteiger partial charge in [0.05, 0.1) is 24.2 Å². The van der Waals surface area contributed by atoms with Crippen molar-refractivity contribution in [3.63, 3.8) is 0 Å². The van der Waals surface area contributed by atoms with Crippen molar-refractivity contribution in [2.24, 2.45) is 0 Å². The summed E-state index contributed by atoms with van der Waals surface area (Å²) in [6.07, 6.45) is 2.30. The Bertz CT molecular complexity index is 1040. The number of rotatable bonds is 7. The van der Waals surface area contributed by atoms with E-state index in [2.05, 4.69) is 20.4 Å². The first-order chi connectivity index (χ1) is 14.6. The number of hydrogen-bond acceptors (Lipinski definition) is 7. The first-order valence-electron chi connectivity index (χ1n) is 9.57. The summed E-state index contributed by atoms with van der Waals surface area (Å²) < 4.78 is 10.9. The molecule has 0 radical (unpaired) electrons. The predicted octanol–water partition coefficient (Wildman–Crippen LogP) is 4.73. The number of amides is 1. The van der Waals surface area contributed by atoms with Gasteiger partial charge in [0.2, 0.25) is 11.8 Å². The molecule has 0 spiro atoms. The Hall–Kier alpha value is -2.71. The van der Waals surface area contributed by atoms with Crippen LogP contribution in [-0.2, 0) is 4.79 Å². The summed E-state index contributed by atoms with van der Waals surface area (Å²) in [6, 6.07) is 12.9. The Balaban J connectivity index is 1.39. The molecular weight excluding hydrogens is 424 g/mol. The van der Waals surface area contributed by atoms with Crippen LogP contribution < -0.4 is 15.0 Å². The number of nitrogens with zero attached hydrogens (tertiary/aromatic N) is 3. The lowest BCUT2D eigenvalue weighted by Crippen LogP contribution is -2.21. The van der Waals surface area contributed by atoms with Gasteiger partial charge < -0.3 is 19.4 Å². The molecule has 1 saturated heterocycles. The quantitative estimate of drug-likeness (QED) is 0.527. The van der Waals surface area contributed by atoms with Gasteiger partial charge in [0.1, 0.15) is 5.75 Å². The average Bonchev–Trinajstić information content (AvgIpc) is 3.45. The van der Waals surface area contributed by atoms with E-state index in [4.69, 9.17) is 20.8 Å². The van der Waals surface area contributed by atoms with Crippen LogP contribution in [0.4, 0.5) is 11.4 Å². The first-order valence-corrected chi connectivity index (χ1v) is 10.9. The van der Waals surface area contributed by atoms with Crippen LogP contribution in [0.15, 0.2) is 52.1 Å². The van der Waals surface area contributed by atoms with Crippen LogP contribution in [0.1, 0.15) is 12.8 Å². The van der Waals surface area contributed by atoms with E-state index in [1.807, 2.05) is 36.4 Å². The minimum absolute atomic E-state index is 0.145. The molecule has 1 fully saturated rings. The summed E-state index contributed by atoms with van der Waals surface area (Å²) in [7, 11) is 1.60. The van der Waals surface area contributed by atoms with Crippen molar-refractivity contribution >= 4 is 40.6 Å². The van der Waals surface area contributed by atoms with Gasteiger partial charge in [-0.05, 0) is 49.2 Å². The van der Waals surface area contributed by atoms with Crippen molar-refractivity contribution in [2.45, 2.75) is 18.1 Å². The zero-order valence-electron chi connectivity index (χ0n) is 16.4. The van der Waals surface area contributed by atoms with Gasteiger partial charge >= 0.3 is 0 Å². The SMILES string of the molecule is COc1cccc(-c2nnc(SCC(=O)Nc3cc(Cl)ccc3N3CCCC3)o2)c1. The maximum absolute atomic E-state index is 12.5. The van der Waals surface area contributed by atoms with Gasteiger partial charge in [-0.15, -0.1) is 10.2 Å². The highest BCUT2D eigenvalue weighted by Crippen LogP contribution is 2.32. The molecule has 0 bridgehead atoms. The lowest BCUT2D eigenvalue weighted by molar-refractivity contribution is -0.113. The fourth-order valence-corrected chi connectivity index (χ4v) is 4.03. The van der Waals surface area contributed by atoms with Crippen molar-refractivity contribution in [2.75, 3.05) is 36.2 Å². The Morgan fingerprint density at radius 1 is 1.23 bits per heavy atom. The minimum atomic E-state index is -0.163. The van der Waals surface area contributed by atoms with Gasteiger partial charge in [-0.25, -0.2) is 0 Å². The molecule has 0 unspecified atom stereocenters. The fourth-order valence-electron chi connectivity index (χ4n) is 3.30. The predicted molar refractivity (Wildman–Crippen MR) is 119 cm³/mol. The Kier molecular flexibility index (Phi) is 6.44. The molecule has 9 heteroatoms. The summed E-state index contributed by atoms with van der Waals surface area (Å²) >= 11 is 7.33. The molecule has 2 heterocycles. The monoisotopic (exact) mass is 444 g/mol. The number of carbonyl (C=O) groups excluding carboxylic acids is 1. The largest absolute Gasteiger partial charge is 0.497 e. The molecule has 3 aromatic rings. The molecule has 1 amide bonds. The Morgan fingerprint density at radius 3 is 2.87 bits per heavy atom. The van der Waals surface area contributed by atoms with Gasteiger partial charge in [0, 0.05) is 23.7 Å². The topological polar surface area (TPSA) is 80.5 Å². The number of carbonyl (C=O) groups is 1. The van der Waals surface area contributed by atoms with Crippen LogP contribution in [0.2, 0.25) is 5.02 Å². The second-order valence-corrected chi connectivity index (χ2v) is 8.16. The number of nitrogens with one attached hydrogen (secondary N) is 1. The minimum Gasteiger partial charge on any atom is -0.497 e. The number of anilines is 2. The van der Waals surface area contributed by atoms with Crippen LogP contribution in [0.3, 0.4) is 0 Å². The van der Waals surface area contributed by atoms with E-state index in [0.717, 1.165) is 42.9 Å². The molecule has 2 aromatic carbocycles. The van der Waals surface area contributed by atoms with Gasteiger partial charge in [-0.3, -0.25) is 4.79 Å². The van der Waals surface area contributed by atoms with Gasteiger partial charge in [-0.1, -0.05) is 29.4 Å². The van der Waals surface area contributed by atoms with Crippen molar-refractivity contribution in [3.05, 3.63) is 47.5 Å². The first kappa shape index (κ1) is 20.6. The number of benzene rings is 2. The standard InChI is InChI=1S/C21H21ClN4O3S/c1-28-16-6-4-5-14(11-16)20-24-25-21(29-20)30-13-19(27)23-17-12-15(22)7-8-18(17)26-9-2-3-10-26/h4-8,11-12H,2-3,9-10,13H2,1H3,(H,23,27). The highest BCUT2D eigenvalue weighted by Gasteiger charge is 2.18. The number of ether oxygens (including phenoxy) is 1. The normalized spacial score (nSPS) is 13.5. The van der Waals surface area contributed by atoms with Crippen LogP contribution in [0.25, 0.3) is 11.5 Å². The summed E-state index contributed by atoms with van der Waals surface area (Å²) in [5, 5.41) is 11.9. The van der Waals surface area contributed by atoms with Crippen LogP contribution in [-0.4, -0.2) is 42.1 Å².